The number of halogens is 1. The first-order valence-electron chi connectivity index (χ1n) is 10.8. The molecular weight excluding hydrogens is 435 g/mol. The lowest BCUT2D eigenvalue weighted by Gasteiger charge is -2.15. The van der Waals surface area contributed by atoms with Crippen LogP contribution in [0.1, 0.15) is 18.9 Å². The molecule has 4 rings (SSSR count). The van der Waals surface area contributed by atoms with E-state index in [0.29, 0.717) is 28.0 Å². The second kappa shape index (κ2) is 9.66. The van der Waals surface area contributed by atoms with E-state index in [1.807, 2.05) is 13.0 Å². The number of rotatable bonds is 6. The predicted molar refractivity (Wildman–Crippen MR) is 130 cm³/mol. The Kier molecular flexibility index (Phi) is 6.49. The maximum atomic E-state index is 13.6. The third-order valence-corrected chi connectivity index (χ3v) is 5.31. The van der Waals surface area contributed by atoms with Crippen molar-refractivity contribution in [1.29, 1.82) is 0 Å². The highest BCUT2D eigenvalue weighted by Crippen LogP contribution is 2.27. The van der Waals surface area contributed by atoms with Crippen LogP contribution >= 0.6 is 0 Å². The number of nitrogens with zero attached hydrogens (tertiary/aromatic N) is 2. The Bertz CT molecular complexity index is 1450. The molecule has 1 aromatic heterocycles. The van der Waals surface area contributed by atoms with Crippen molar-refractivity contribution >= 4 is 34.2 Å². The summed E-state index contributed by atoms with van der Waals surface area (Å²) in [5, 5.41) is 5.50. The molecule has 0 atom stereocenters. The van der Waals surface area contributed by atoms with Gasteiger partial charge in [-0.2, -0.15) is 0 Å². The van der Waals surface area contributed by atoms with Crippen molar-refractivity contribution in [3.8, 4) is 11.3 Å². The number of hydrogen-bond acceptors (Lipinski definition) is 4. The number of benzene rings is 3. The highest BCUT2D eigenvalue weighted by atomic mass is 19.1. The van der Waals surface area contributed by atoms with Crippen LogP contribution in [0.3, 0.4) is 0 Å². The van der Waals surface area contributed by atoms with Crippen LogP contribution < -0.4 is 16.2 Å². The van der Waals surface area contributed by atoms with E-state index in [9.17, 15) is 18.8 Å². The molecule has 0 radical (unpaired) electrons. The Morgan fingerprint density at radius 1 is 0.971 bits per heavy atom. The molecule has 0 aliphatic heterocycles. The van der Waals surface area contributed by atoms with Crippen molar-refractivity contribution in [2.45, 2.75) is 26.8 Å². The minimum absolute atomic E-state index is 0.128. The summed E-state index contributed by atoms with van der Waals surface area (Å²) in [6.45, 7) is 3.35. The van der Waals surface area contributed by atoms with Gasteiger partial charge in [0.25, 0.3) is 5.56 Å². The number of aryl methyl sites for hydroxylation is 1. The van der Waals surface area contributed by atoms with Crippen molar-refractivity contribution in [2.75, 3.05) is 10.6 Å². The minimum Gasteiger partial charge on any atom is -0.325 e. The topological polar surface area (TPSA) is 93.1 Å². The molecule has 0 unspecified atom stereocenters. The summed E-state index contributed by atoms with van der Waals surface area (Å²) in [5.41, 5.74) is 2.94. The summed E-state index contributed by atoms with van der Waals surface area (Å²) in [7, 11) is 0. The van der Waals surface area contributed by atoms with E-state index in [1.54, 1.807) is 43.3 Å². The number of fused-ring (bicyclic) bond motifs is 1. The number of para-hydroxylation sites is 2. The molecule has 3 aromatic carbocycles. The molecule has 0 saturated heterocycles. The monoisotopic (exact) mass is 458 g/mol. The van der Waals surface area contributed by atoms with Crippen LogP contribution in [-0.2, 0) is 16.1 Å². The molecule has 4 aromatic rings. The third kappa shape index (κ3) is 4.85. The van der Waals surface area contributed by atoms with Gasteiger partial charge in [0.1, 0.15) is 18.1 Å². The Morgan fingerprint density at radius 3 is 2.44 bits per heavy atom. The van der Waals surface area contributed by atoms with E-state index >= 15 is 0 Å². The molecule has 0 saturated carbocycles. The molecule has 2 N–H and O–H groups in total. The highest BCUT2D eigenvalue weighted by Gasteiger charge is 2.18. The van der Waals surface area contributed by atoms with Gasteiger partial charge in [0.15, 0.2) is 0 Å². The number of carbonyl (C=O) groups is 2. The van der Waals surface area contributed by atoms with Gasteiger partial charge in [0.05, 0.1) is 16.7 Å². The van der Waals surface area contributed by atoms with E-state index in [4.69, 9.17) is 0 Å². The molecule has 2 amide bonds. The molecule has 0 fully saturated rings. The Hall–Kier alpha value is -4.33. The number of nitrogens with one attached hydrogen (secondary N) is 2. The Labute approximate surface area is 195 Å². The van der Waals surface area contributed by atoms with Crippen molar-refractivity contribution in [1.82, 2.24) is 9.55 Å². The average Bonchev–Trinajstić information content (AvgIpc) is 2.83. The lowest BCUT2D eigenvalue weighted by atomic mass is 10.1. The fourth-order valence-electron chi connectivity index (χ4n) is 3.60. The van der Waals surface area contributed by atoms with Crippen molar-refractivity contribution in [2.24, 2.45) is 0 Å². The summed E-state index contributed by atoms with van der Waals surface area (Å²) in [6, 6.07) is 17.8. The fraction of sp³-hybridized carbons (Fsp3) is 0.154. The molecule has 1 heterocycles. The van der Waals surface area contributed by atoms with Crippen LogP contribution in [-0.4, -0.2) is 21.4 Å². The minimum atomic E-state index is -0.467. The van der Waals surface area contributed by atoms with Crippen LogP contribution in [0, 0.1) is 12.7 Å². The average molecular weight is 458 g/mol. The van der Waals surface area contributed by atoms with Crippen molar-refractivity contribution < 1.29 is 14.0 Å². The summed E-state index contributed by atoms with van der Waals surface area (Å²) >= 11 is 0. The van der Waals surface area contributed by atoms with Crippen LogP contribution in [0.4, 0.5) is 15.8 Å². The van der Waals surface area contributed by atoms with E-state index in [-0.39, 0.29) is 24.6 Å². The standard InChI is InChI=1S/C26H23FN4O3/c1-3-23(32)29-20-13-8-16(2)14-19(20)25-26(34)31(22-7-5-4-6-21(22)30-25)15-24(33)28-18-11-9-17(27)10-12-18/h4-14H,3,15H2,1-2H3,(H,28,33)(H,29,32). The maximum Gasteiger partial charge on any atom is 0.278 e. The van der Waals surface area contributed by atoms with E-state index in [2.05, 4.69) is 15.6 Å². The fourth-order valence-corrected chi connectivity index (χ4v) is 3.60. The summed E-state index contributed by atoms with van der Waals surface area (Å²) in [4.78, 5) is 43.0. The van der Waals surface area contributed by atoms with Gasteiger partial charge in [0, 0.05) is 17.7 Å². The number of hydrogen-bond donors (Lipinski definition) is 2. The SMILES string of the molecule is CCC(=O)Nc1ccc(C)cc1-c1nc2ccccc2n(CC(=O)Nc2ccc(F)cc2)c1=O. The first kappa shape index (κ1) is 22.8. The van der Waals surface area contributed by atoms with E-state index < -0.39 is 17.3 Å². The van der Waals surface area contributed by atoms with Gasteiger partial charge in [-0.15, -0.1) is 0 Å². The molecule has 34 heavy (non-hydrogen) atoms. The highest BCUT2D eigenvalue weighted by molar-refractivity contribution is 5.96. The molecule has 0 aliphatic rings. The first-order chi connectivity index (χ1) is 16.4. The lowest BCUT2D eigenvalue weighted by molar-refractivity contribution is -0.117. The van der Waals surface area contributed by atoms with Gasteiger partial charge in [-0.3, -0.25) is 19.0 Å². The molecule has 7 nitrogen and oxygen atoms in total. The van der Waals surface area contributed by atoms with E-state index in [1.165, 1.54) is 28.8 Å². The molecule has 0 bridgehead atoms. The molecule has 0 aliphatic carbocycles. The van der Waals surface area contributed by atoms with Gasteiger partial charge in [0.2, 0.25) is 11.8 Å². The smallest absolute Gasteiger partial charge is 0.278 e. The zero-order valence-electron chi connectivity index (χ0n) is 18.8. The lowest BCUT2D eigenvalue weighted by Crippen LogP contribution is -2.30. The van der Waals surface area contributed by atoms with Gasteiger partial charge in [-0.25, -0.2) is 9.37 Å². The van der Waals surface area contributed by atoms with Crippen molar-refractivity contribution in [3.05, 3.63) is 88.5 Å². The molecule has 0 spiro atoms. The van der Waals surface area contributed by atoms with Crippen LogP contribution in [0.15, 0.2) is 71.5 Å². The van der Waals surface area contributed by atoms with E-state index in [0.717, 1.165) is 5.56 Å². The van der Waals surface area contributed by atoms with Gasteiger partial charge in [-0.1, -0.05) is 30.7 Å². The van der Waals surface area contributed by atoms with Crippen LogP contribution in [0.25, 0.3) is 22.3 Å². The second-order valence-corrected chi connectivity index (χ2v) is 7.85. The molecular formula is C26H23FN4O3. The molecule has 172 valence electrons. The zero-order chi connectivity index (χ0) is 24.2. The predicted octanol–water partition coefficient (Wildman–Crippen LogP) is 4.50. The number of aromatic nitrogens is 2. The number of amides is 2. The zero-order valence-corrected chi connectivity index (χ0v) is 18.8. The van der Waals surface area contributed by atoms with Gasteiger partial charge >= 0.3 is 0 Å². The molecule has 8 heteroatoms. The quantitative estimate of drug-likeness (QED) is 0.445. The summed E-state index contributed by atoms with van der Waals surface area (Å²) in [6.07, 6.45) is 0.284. The van der Waals surface area contributed by atoms with Crippen LogP contribution in [0.2, 0.25) is 0 Å². The number of anilines is 2. The van der Waals surface area contributed by atoms with Gasteiger partial charge < -0.3 is 10.6 Å². The maximum absolute atomic E-state index is 13.6. The largest absolute Gasteiger partial charge is 0.325 e. The van der Waals surface area contributed by atoms with Crippen molar-refractivity contribution in [3.63, 3.8) is 0 Å². The normalized spacial score (nSPS) is 10.8. The third-order valence-electron chi connectivity index (χ3n) is 5.31. The number of carbonyl (C=O) groups excluding carboxylic acids is 2. The first-order valence-corrected chi connectivity index (χ1v) is 10.8. The van der Waals surface area contributed by atoms with Gasteiger partial charge in [-0.05, 0) is 55.5 Å². The van der Waals surface area contributed by atoms with Crippen LogP contribution in [0.5, 0.6) is 0 Å². The Balaban J connectivity index is 1.80. The Morgan fingerprint density at radius 2 is 1.71 bits per heavy atom. The second-order valence-electron chi connectivity index (χ2n) is 7.85. The summed E-state index contributed by atoms with van der Waals surface area (Å²) in [5.74, 6) is -1.05. The summed E-state index contributed by atoms with van der Waals surface area (Å²) < 4.78 is 14.5.